The number of nitrogens with two attached hydrogens (primary N) is 1. The minimum absolute atomic E-state index is 0.113. The summed E-state index contributed by atoms with van der Waals surface area (Å²) >= 11 is 12.5. The van der Waals surface area contributed by atoms with Crippen LogP contribution in [0, 0.1) is 12.7 Å². The van der Waals surface area contributed by atoms with Crippen LogP contribution >= 0.6 is 23.2 Å². The number of benzene rings is 1. The summed E-state index contributed by atoms with van der Waals surface area (Å²) in [6.45, 7) is 1.84. The van der Waals surface area contributed by atoms with Gasteiger partial charge in [-0.25, -0.2) is 24.0 Å². The molecule has 0 spiro atoms. The number of hydrogen-bond acceptors (Lipinski definition) is 6. The number of aryl methyl sites for hydroxylation is 1. The van der Waals surface area contributed by atoms with Crippen molar-refractivity contribution in [2.45, 2.75) is 6.92 Å². The largest absolute Gasteiger partial charge is 0.399 e. The standard InChI is InChI=1S/C17H12Cl2FN7/c1-8-2-14(24-7-23-8)25-17-10-6-27(26-15(10)13(20)5-22-17)16-11(18)3-9(21)4-12(16)19/h2-7H,21H2,1H3,(H,22,23,24,25). The molecule has 0 amide bonds. The van der Waals surface area contributed by atoms with E-state index in [1.54, 1.807) is 24.4 Å². The molecule has 3 N–H and O–H groups in total. The Labute approximate surface area is 163 Å². The number of hydrogen-bond donors (Lipinski definition) is 2. The molecule has 0 fully saturated rings. The first-order valence-electron chi connectivity index (χ1n) is 7.77. The van der Waals surface area contributed by atoms with Crippen LogP contribution in [0.25, 0.3) is 16.6 Å². The summed E-state index contributed by atoms with van der Waals surface area (Å²) < 4.78 is 15.7. The second kappa shape index (κ2) is 6.64. The van der Waals surface area contributed by atoms with Gasteiger partial charge in [0.05, 0.1) is 21.6 Å². The van der Waals surface area contributed by atoms with Crippen molar-refractivity contribution >= 4 is 51.4 Å². The molecule has 4 rings (SSSR count). The predicted molar refractivity (Wildman–Crippen MR) is 103 cm³/mol. The monoisotopic (exact) mass is 403 g/mol. The van der Waals surface area contributed by atoms with Gasteiger partial charge in [-0.2, -0.15) is 5.10 Å². The highest BCUT2D eigenvalue weighted by Crippen LogP contribution is 2.33. The number of anilines is 3. The van der Waals surface area contributed by atoms with E-state index < -0.39 is 5.82 Å². The van der Waals surface area contributed by atoms with Crippen molar-refractivity contribution in [3.8, 4) is 5.69 Å². The molecule has 0 saturated carbocycles. The van der Waals surface area contributed by atoms with Crippen LogP contribution in [0.15, 0.2) is 36.9 Å². The zero-order chi connectivity index (χ0) is 19.1. The molecule has 3 aromatic heterocycles. The maximum atomic E-state index is 14.3. The Balaban J connectivity index is 1.86. The molecular weight excluding hydrogens is 392 g/mol. The van der Waals surface area contributed by atoms with Crippen molar-refractivity contribution in [3.05, 3.63) is 58.5 Å². The first-order chi connectivity index (χ1) is 12.9. The van der Waals surface area contributed by atoms with Crippen molar-refractivity contribution in [3.63, 3.8) is 0 Å². The van der Waals surface area contributed by atoms with Gasteiger partial charge >= 0.3 is 0 Å². The maximum Gasteiger partial charge on any atom is 0.169 e. The smallest absolute Gasteiger partial charge is 0.169 e. The number of rotatable bonds is 3. The number of nitrogens with zero attached hydrogens (tertiary/aromatic N) is 5. The maximum absolute atomic E-state index is 14.3. The van der Waals surface area contributed by atoms with E-state index in [2.05, 4.69) is 25.4 Å². The zero-order valence-corrected chi connectivity index (χ0v) is 15.4. The number of pyridine rings is 1. The Hall–Kier alpha value is -2.97. The topological polar surface area (TPSA) is 94.5 Å². The minimum Gasteiger partial charge on any atom is -0.399 e. The third-order valence-electron chi connectivity index (χ3n) is 3.82. The number of nitrogen functional groups attached to an aromatic ring is 1. The van der Waals surface area contributed by atoms with E-state index in [4.69, 9.17) is 28.9 Å². The van der Waals surface area contributed by atoms with Crippen LogP contribution in [0.4, 0.5) is 21.7 Å². The second-order valence-electron chi connectivity index (χ2n) is 5.79. The van der Waals surface area contributed by atoms with Crippen molar-refractivity contribution in [2.75, 3.05) is 11.1 Å². The first-order valence-corrected chi connectivity index (χ1v) is 8.52. The van der Waals surface area contributed by atoms with Gasteiger partial charge in [0.2, 0.25) is 0 Å². The molecule has 3 heterocycles. The molecule has 0 aliphatic heterocycles. The fourth-order valence-corrected chi connectivity index (χ4v) is 3.31. The molecule has 0 atom stereocenters. The molecule has 4 aromatic rings. The summed E-state index contributed by atoms with van der Waals surface area (Å²) in [6.07, 6.45) is 4.10. The fourth-order valence-electron chi connectivity index (χ4n) is 2.64. The zero-order valence-electron chi connectivity index (χ0n) is 13.9. The van der Waals surface area contributed by atoms with Crippen LogP contribution in [0.5, 0.6) is 0 Å². The molecule has 0 saturated heterocycles. The Morgan fingerprint density at radius 2 is 1.85 bits per heavy atom. The summed E-state index contributed by atoms with van der Waals surface area (Å²) in [5.41, 5.74) is 7.44. The lowest BCUT2D eigenvalue weighted by Crippen LogP contribution is -1.98. The van der Waals surface area contributed by atoms with E-state index in [1.165, 1.54) is 11.0 Å². The van der Waals surface area contributed by atoms with Gasteiger partial charge in [-0.05, 0) is 19.1 Å². The van der Waals surface area contributed by atoms with E-state index >= 15 is 0 Å². The molecule has 0 aliphatic rings. The van der Waals surface area contributed by atoms with Crippen LogP contribution in [0.3, 0.4) is 0 Å². The van der Waals surface area contributed by atoms with E-state index in [0.717, 1.165) is 11.9 Å². The molecule has 7 nitrogen and oxygen atoms in total. The fraction of sp³-hybridized carbons (Fsp3) is 0.0588. The van der Waals surface area contributed by atoms with Gasteiger partial charge in [0.25, 0.3) is 0 Å². The Morgan fingerprint density at radius 1 is 1.11 bits per heavy atom. The average molecular weight is 404 g/mol. The molecular formula is C17H12Cl2FN7. The van der Waals surface area contributed by atoms with Gasteiger partial charge in [-0.15, -0.1) is 0 Å². The summed E-state index contributed by atoms with van der Waals surface area (Å²) in [5, 5.41) is 8.35. The molecule has 0 bridgehead atoms. The number of halogens is 3. The molecule has 10 heteroatoms. The first kappa shape index (κ1) is 17.4. The van der Waals surface area contributed by atoms with Crippen LogP contribution < -0.4 is 11.1 Å². The Bertz CT molecular complexity index is 1150. The van der Waals surface area contributed by atoms with Crippen molar-refractivity contribution in [1.82, 2.24) is 24.7 Å². The summed E-state index contributed by atoms with van der Waals surface area (Å²) in [4.78, 5) is 12.3. The Kier molecular flexibility index (Phi) is 4.29. The average Bonchev–Trinajstić information content (AvgIpc) is 3.02. The molecule has 0 unspecified atom stereocenters. The van der Waals surface area contributed by atoms with Gasteiger partial charge < -0.3 is 11.1 Å². The van der Waals surface area contributed by atoms with Gasteiger partial charge in [0, 0.05) is 23.6 Å². The lowest BCUT2D eigenvalue weighted by atomic mass is 10.2. The quantitative estimate of drug-likeness (QED) is 0.495. The van der Waals surface area contributed by atoms with E-state index in [9.17, 15) is 4.39 Å². The van der Waals surface area contributed by atoms with E-state index in [1.807, 2.05) is 6.92 Å². The van der Waals surface area contributed by atoms with Crippen LogP contribution in [-0.4, -0.2) is 24.7 Å². The molecule has 136 valence electrons. The van der Waals surface area contributed by atoms with Gasteiger partial charge in [-0.1, -0.05) is 23.2 Å². The summed E-state index contributed by atoms with van der Waals surface area (Å²) in [7, 11) is 0. The lowest BCUT2D eigenvalue weighted by Gasteiger charge is -2.07. The van der Waals surface area contributed by atoms with Crippen molar-refractivity contribution in [2.24, 2.45) is 0 Å². The normalized spacial score (nSPS) is 11.1. The van der Waals surface area contributed by atoms with Gasteiger partial charge in [0.15, 0.2) is 5.82 Å². The SMILES string of the molecule is Cc1cc(Nc2ncc(F)c3nn(-c4c(Cl)cc(N)cc4Cl)cc23)ncn1. The number of fused-ring (bicyclic) bond motifs is 1. The summed E-state index contributed by atoms with van der Waals surface area (Å²) in [6, 6.07) is 4.84. The highest BCUT2D eigenvalue weighted by atomic mass is 35.5. The molecule has 27 heavy (non-hydrogen) atoms. The van der Waals surface area contributed by atoms with Crippen molar-refractivity contribution in [1.29, 1.82) is 0 Å². The van der Waals surface area contributed by atoms with Crippen LogP contribution in [0.2, 0.25) is 10.0 Å². The van der Waals surface area contributed by atoms with Crippen LogP contribution in [0.1, 0.15) is 5.69 Å². The third-order valence-corrected chi connectivity index (χ3v) is 4.40. The number of nitrogens with one attached hydrogen (secondary N) is 1. The summed E-state index contributed by atoms with van der Waals surface area (Å²) in [5.74, 6) is 0.341. The molecule has 1 aromatic carbocycles. The predicted octanol–water partition coefficient (Wildman–Crippen LogP) is 4.29. The highest BCUT2D eigenvalue weighted by molar-refractivity contribution is 6.38. The van der Waals surface area contributed by atoms with Gasteiger partial charge in [-0.3, -0.25) is 0 Å². The highest BCUT2D eigenvalue weighted by Gasteiger charge is 2.17. The molecule has 0 radical (unpaired) electrons. The van der Waals surface area contributed by atoms with Gasteiger partial charge in [0.1, 0.15) is 29.2 Å². The minimum atomic E-state index is -0.573. The van der Waals surface area contributed by atoms with E-state index in [0.29, 0.717) is 38.4 Å². The third kappa shape index (κ3) is 3.24. The van der Waals surface area contributed by atoms with E-state index in [-0.39, 0.29) is 5.52 Å². The number of aromatic nitrogens is 5. The van der Waals surface area contributed by atoms with Crippen LogP contribution in [-0.2, 0) is 0 Å². The van der Waals surface area contributed by atoms with Crippen molar-refractivity contribution < 1.29 is 4.39 Å². The second-order valence-corrected chi connectivity index (χ2v) is 6.61. The lowest BCUT2D eigenvalue weighted by molar-refractivity contribution is 0.629. The Morgan fingerprint density at radius 3 is 2.56 bits per heavy atom. The molecule has 0 aliphatic carbocycles.